The van der Waals surface area contributed by atoms with Crippen LogP contribution in [0.2, 0.25) is 0 Å². The Balaban J connectivity index is 1.97. The van der Waals surface area contributed by atoms with Crippen LogP contribution in [-0.4, -0.2) is 25.8 Å². The molecule has 1 atom stereocenters. The minimum atomic E-state index is -0.325. The molecule has 12 heavy (non-hydrogen) atoms. The fraction of sp³-hybridized carbons (Fsp3) is 0.857. The molecule has 0 radical (unpaired) electrons. The van der Waals surface area contributed by atoms with Crippen LogP contribution in [-0.2, 0) is 4.74 Å². The maximum atomic E-state index is 10.6. The van der Waals surface area contributed by atoms with Gasteiger partial charge in [-0.15, -0.1) is 0 Å². The highest BCUT2D eigenvalue weighted by Crippen LogP contribution is 2.14. The predicted octanol–water partition coefficient (Wildman–Crippen LogP) is -0.414. The lowest BCUT2D eigenvalue weighted by atomic mass is 10.1. The first-order valence-corrected chi connectivity index (χ1v) is 4.15. The summed E-state index contributed by atoms with van der Waals surface area (Å²) in [5, 5.41) is 2.63. The monoisotopic (exact) mass is 173 g/mol. The number of hydrogen-bond donors (Lipinski definition) is 3. The summed E-state index contributed by atoms with van der Waals surface area (Å²) in [5.74, 6) is 5.48. The molecule has 1 rings (SSSR count). The van der Waals surface area contributed by atoms with Gasteiger partial charge < -0.3 is 10.1 Å². The average Bonchev–Trinajstić information content (AvgIpc) is 2.57. The second-order valence-corrected chi connectivity index (χ2v) is 2.92. The minimum absolute atomic E-state index is 0.325. The van der Waals surface area contributed by atoms with Gasteiger partial charge >= 0.3 is 6.03 Å². The molecule has 0 bridgehead atoms. The molecule has 5 nitrogen and oxygen atoms in total. The van der Waals surface area contributed by atoms with Crippen LogP contribution >= 0.6 is 0 Å². The molecule has 0 aliphatic carbocycles. The number of nitrogens with two attached hydrogens (primary N) is 1. The van der Waals surface area contributed by atoms with Crippen LogP contribution in [0.25, 0.3) is 0 Å². The fourth-order valence-corrected chi connectivity index (χ4v) is 1.25. The first kappa shape index (κ1) is 9.28. The van der Waals surface area contributed by atoms with Gasteiger partial charge in [0.25, 0.3) is 0 Å². The van der Waals surface area contributed by atoms with Gasteiger partial charge in [-0.25, -0.2) is 10.6 Å². The number of hydrogen-bond acceptors (Lipinski definition) is 3. The quantitative estimate of drug-likeness (QED) is 0.308. The highest BCUT2D eigenvalue weighted by molar-refractivity contribution is 5.72. The maximum Gasteiger partial charge on any atom is 0.328 e. The molecule has 0 spiro atoms. The molecule has 70 valence electrons. The lowest BCUT2D eigenvalue weighted by molar-refractivity contribution is 0.184. The molecule has 1 aliphatic heterocycles. The van der Waals surface area contributed by atoms with Gasteiger partial charge in [-0.2, -0.15) is 0 Å². The molecule has 1 unspecified atom stereocenters. The van der Waals surface area contributed by atoms with Crippen molar-refractivity contribution < 1.29 is 9.53 Å². The first-order chi connectivity index (χ1) is 5.83. The fourth-order valence-electron chi connectivity index (χ4n) is 1.25. The third-order valence-corrected chi connectivity index (χ3v) is 1.99. The number of ether oxygens (including phenoxy) is 1. The summed E-state index contributed by atoms with van der Waals surface area (Å²) >= 11 is 0. The highest BCUT2D eigenvalue weighted by atomic mass is 16.5. The molecular weight excluding hydrogens is 158 g/mol. The number of carbonyl (C=O) groups is 1. The third kappa shape index (κ3) is 3.06. The standard InChI is InChI=1S/C7H15N3O2/c8-10-7(11)9-3-1-6-2-4-12-5-6/h6H,1-5,8H2,(H2,9,10,11). The van der Waals surface area contributed by atoms with Gasteiger partial charge in [-0.1, -0.05) is 0 Å². The second-order valence-electron chi connectivity index (χ2n) is 2.92. The Labute approximate surface area is 71.6 Å². The number of rotatable bonds is 3. The van der Waals surface area contributed by atoms with Crippen molar-refractivity contribution in [3.8, 4) is 0 Å². The van der Waals surface area contributed by atoms with Crippen LogP contribution in [0.5, 0.6) is 0 Å². The zero-order chi connectivity index (χ0) is 8.81. The van der Waals surface area contributed by atoms with Gasteiger partial charge in [-0.3, -0.25) is 5.43 Å². The number of carbonyl (C=O) groups excluding carboxylic acids is 1. The van der Waals surface area contributed by atoms with E-state index in [2.05, 4.69) is 5.32 Å². The van der Waals surface area contributed by atoms with Crippen LogP contribution < -0.4 is 16.6 Å². The van der Waals surface area contributed by atoms with E-state index < -0.39 is 0 Å². The normalized spacial score (nSPS) is 22.2. The Morgan fingerprint density at radius 3 is 3.08 bits per heavy atom. The maximum absolute atomic E-state index is 10.6. The van der Waals surface area contributed by atoms with Crippen LogP contribution in [0.4, 0.5) is 4.79 Å². The van der Waals surface area contributed by atoms with Crippen molar-refractivity contribution in [2.24, 2.45) is 11.8 Å². The van der Waals surface area contributed by atoms with Crippen molar-refractivity contribution >= 4 is 6.03 Å². The molecule has 1 fully saturated rings. The molecule has 0 saturated carbocycles. The highest BCUT2D eigenvalue weighted by Gasteiger charge is 2.14. The molecule has 0 aromatic carbocycles. The summed E-state index contributed by atoms with van der Waals surface area (Å²) in [5.41, 5.74) is 2.01. The second kappa shape index (κ2) is 4.95. The summed E-state index contributed by atoms with van der Waals surface area (Å²) in [6.07, 6.45) is 2.07. The number of nitrogens with one attached hydrogen (secondary N) is 2. The van der Waals surface area contributed by atoms with Gasteiger partial charge in [0.05, 0.1) is 0 Å². The van der Waals surface area contributed by atoms with E-state index in [1.807, 2.05) is 5.43 Å². The van der Waals surface area contributed by atoms with Crippen LogP contribution in [0.1, 0.15) is 12.8 Å². The predicted molar refractivity (Wildman–Crippen MR) is 44.3 cm³/mol. The van der Waals surface area contributed by atoms with Crippen molar-refractivity contribution in [1.29, 1.82) is 0 Å². The Morgan fingerprint density at radius 1 is 1.67 bits per heavy atom. The third-order valence-electron chi connectivity index (χ3n) is 1.99. The smallest absolute Gasteiger partial charge is 0.328 e. The topological polar surface area (TPSA) is 76.4 Å². The van der Waals surface area contributed by atoms with E-state index in [0.29, 0.717) is 12.5 Å². The zero-order valence-corrected chi connectivity index (χ0v) is 7.01. The largest absolute Gasteiger partial charge is 0.381 e. The summed E-state index contributed by atoms with van der Waals surface area (Å²) in [6, 6.07) is -0.325. The Morgan fingerprint density at radius 2 is 2.50 bits per heavy atom. The molecule has 1 saturated heterocycles. The molecule has 2 amide bonds. The Hall–Kier alpha value is -0.810. The summed E-state index contributed by atoms with van der Waals surface area (Å²) < 4.78 is 5.19. The van der Waals surface area contributed by atoms with Gasteiger partial charge in [0.15, 0.2) is 0 Å². The van der Waals surface area contributed by atoms with E-state index in [4.69, 9.17) is 10.6 Å². The molecule has 1 heterocycles. The van der Waals surface area contributed by atoms with Gasteiger partial charge in [0, 0.05) is 19.8 Å². The lowest BCUT2D eigenvalue weighted by Gasteiger charge is -2.07. The SMILES string of the molecule is NNC(=O)NCCC1CCOC1. The number of hydrazine groups is 1. The van der Waals surface area contributed by atoms with Crippen molar-refractivity contribution in [3.63, 3.8) is 0 Å². The van der Waals surface area contributed by atoms with Crippen molar-refractivity contribution in [3.05, 3.63) is 0 Å². The van der Waals surface area contributed by atoms with E-state index in [1.54, 1.807) is 0 Å². The van der Waals surface area contributed by atoms with Gasteiger partial charge in [0.1, 0.15) is 0 Å². The van der Waals surface area contributed by atoms with Crippen LogP contribution in [0.3, 0.4) is 0 Å². The van der Waals surface area contributed by atoms with Crippen molar-refractivity contribution in [2.45, 2.75) is 12.8 Å². The van der Waals surface area contributed by atoms with E-state index in [0.717, 1.165) is 26.1 Å². The van der Waals surface area contributed by atoms with E-state index >= 15 is 0 Å². The summed E-state index contributed by atoms with van der Waals surface area (Å²) in [7, 11) is 0. The average molecular weight is 173 g/mol. The van der Waals surface area contributed by atoms with Crippen molar-refractivity contribution in [1.82, 2.24) is 10.7 Å². The molecule has 1 aliphatic rings. The molecule has 0 aromatic rings. The zero-order valence-electron chi connectivity index (χ0n) is 7.01. The minimum Gasteiger partial charge on any atom is -0.381 e. The van der Waals surface area contributed by atoms with E-state index in [9.17, 15) is 4.79 Å². The van der Waals surface area contributed by atoms with Crippen LogP contribution in [0, 0.1) is 5.92 Å². The molecule has 5 heteroatoms. The lowest BCUT2D eigenvalue weighted by Crippen LogP contribution is -2.40. The number of urea groups is 1. The van der Waals surface area contributed by atoms with Gasteiger partial charge in [-0.05, 0) is 18.8 Å². The van der Waals surface area contributed by atoms with E-state index in [1.165, 1.54) is 0 Å². The Bertz CT molecular complexity index is 146. The molecular formula is C7H15N3O2. The molecule has 4 N–H and O–H groups in total. The van der Waals surface area contributed by atoms with Gasteiger partial charge in [0.2, 0.25) is 0 Å². The first-order valence-electron chi connectivity index (χ1n) is 4.15. The van der Waals surface area contributed by atoms with E-state index in [-0.39, 0.29) is 6.03 Å². The Kier molecular flexibility index (Phi) is 3.83. The van der Waals surface area contributed by atoms with Crippen molar-refractivity contribution in [2.75, 3.05) is 19.8 Å². The van der Waals surface area contributed by atoms with Crippen LogP contribution in [0.15, 0.2) is 0 Å². The summed E-state index contributed by atoms with van der Waals surface area (Å²) in [4.78, 5) is 10.6. The summed E-state index contributed by atoms with van der Waals surface area (Å²) in [6.45, 7) is 2.34. The molecule has 0 aromatic heterocycles. The number of amides is 2.